The van der Waals surface area contributed by atoms with Crippen molar-refractivity contribution >= 4 is 17.5 Å². The molecule has 0 spiro atoms. The van der Waals surface area contributed by atoms with E-state index in [4.69, 9.17) is 14.2 Å². The fourth-order valence-corrected chi connectivity index (χ4v) is 4.14. The van der Waals surface area contributed by atoms with E-state index >= 15 is 0 Å². The lowest BCUT2D eigenvalue weighted by Crippen LogP contribution is -2.38. The number of benzene rings is 2. The van der Waals surface area contributed by atoms with Crippen LogP contribution < -0.4 is 19.1 Å². The largest absolute Gasteiger partial charge is 0.493 e. The van der Waals surface area contributed by atoms with Crippen LogP contribution in [0.15, 0.2) is 36.4 Å². The van der Waals surface area contributed by atoms with Gasteiger partial charge in [-0.2, -0.15) is 0 Å². The molecule has 1 saturated carbocycles. The van der Waals surface area contributed by atoms with Gasteiger partial charge in [0.05, 0.1) is 32.9 Å². The van der Waals surface area contributed by atoms with Gasteiger partial charge in [-0.1, -0.05) is 12.1 Å². The van der Waals surface area contributed by atoms with Gasteiger partial charge in [0, 0.05) is 37.7 Å². The number of hydrogen-bond acceptors (Lipinski definition) is 5. The lowest BCUT2D eigenvalue weighted by Gasteiger charge is -2.26. The third-order valence-electron chi connectivity index (χ3n) is 5.97. The van der Waals surface area contributed by atoms with E-state index in [1.54, 1.807) is 29.2 Å². The maximum absolute atomic E-state index is 13.4. The summed E-state index contributed by atoms with van der Waals surface area (Å²) in [5.74, 6) is 0.413. The summed E-state index contributed by atoms with van der Waals surface area (Å²) < 4.78 is 29.4. The minimum atomic E-state index is -0.442. The van der Waals surface area contributed by atoms with E-state index in [9.17, 15) is 14.0 Å². The highest BCUT2D eigenvalue weighted by Crippen LogP contribution is 2.42. The molecule has 4 rings (SSSR count). The first kappa shape index (κ1) is 21.9. The fourth-order valence-electron chi connectivity index (χ4n) is 4.14. The highest BCUT2D eigenvalue weighted by atomic mass is 19.1. The van der Waals surface area contributed by atoms with E-state index < -0.39 is 5.92 Å². The molecule has 1 atom stereocenters. The summed E-state index contributed by atoms with van der Waals surface area (Å²) >= 11 is 0. The molecule has 0 bridgehead atoms. The van der Waals surface area contributed by atoms with Crippen molar-refractivity contribution in [2.75, 3.05) is 32.8 Å². The van der Waals surface area contributed by atoms with E-state index in [-0.39, 0.29) is 36.6 Å². The van der Waals surface area contributed by atoms with Gasteiger partial charge in [0.25, 0.3) is 0 Å². The summed E-state index contributed by atoms with van der Waals surface area (Å²) in [6.45, 7) is 0.696. The molecule has 0 aromatic heterocycles. The molecule has 0 radical (unpaired) electrons. The SMILES string of the molecule is COc1cc(N2CC(C(=O)N(Cc3ccc(F)cc3)C3CC3)CC2=O)cc(OC)c1OC. The Morgan fingerprint density at radius 3 is 2.22 bits per heavy atom. The van der Waals surface area contributed by atoms with Crippen LogP contribution in [-0.2, 0) is 16.1 Å². The number of anilines is 1. The molecule has 2 aromatic rings. The summed E-state index contributed by atoms with van der Waals surface area (Å²) in [6.07, 6.45) is 2.04. The molecule has 1 aliphatic carbocycles. The number of amides is 2. The maximum Gasteiger partial charge on any atom is 0.228 e. The first-order chi connectivity index (χ1) is 15.4. The summed E-state index contributed by atoms with van der Waals surface area (Å²) in [4.78, 5) is 29.6. The average Bonchev–Trinajstić information content (AvgIpc) is 3.58. The second-order valence-electron chi connectivity index (χ2n) is 8.11. The number of ether oxygens (including phenoxy) is 3. The molecule has 0 N–H and O–H groups in total. The van der Waals surface area contributed by atoms with Gasteiger partial charge < -0.3 is 24.0 Å². The van der Waals surface area contributed by atoms with Gasteiger partial charge in [0.1, 0.15) is 5.82 Å². The summed E-state index contributed by atoms with van der Waals surface area (Å²) in [7, 11) is 4.55. The van der Waals surface area contributed by atoms with Crippen molar-refractivity contribution in [1.82, 2.24) is 4.90 Å². The highest BCUT2D eigenvalue weighted by molar-refractivity contribution is 6.00. The van der Waals surface area contributed by atoms with Gasteiger partial charge in [-0.15, -0.1) is 0 Å². The quantitative estimate of drug-likeness (QED) is 0.627. The number of hydrogen-bond donors (Lipinski definition) is 0. The van der Waals surface area contributed by atoms with Crippen LogP contribution in [0.1, 0.15) is 24.8 Å². The Labute approximate surface area is 186 Å². The van der Waals surface area contributed by atoms with Crippen LogP contribution in [0.3, 0.4) is 0 Å². The van der Waals surface area contributed by atoms with Crippen LogP contribution in [0.2, 0.25) is 0 Å². The van der Waals surface area contributed by atoms with Crippen molar-refractivity contribution < 1.29 is 28.2 Å². The fraction of sp³-hybridized carbons (Fsp3) is 0.417. The predicted molar refractivity (Wildman–Crippen MR) is 117 cm³/mol. The molecular weight excluding hydrogens is 415 g/mol. The first-order valence-electron chi connectivity index (χ1n) is 10.6. The third kappa shape index (κ3) is 4.35. The van der Waals surface area contributed by atoms with Crippen LogP contribution in [0.4, 0.5) is 10.1 Å². The first-order valence-corrected chi connectivity index (χ1v) is 10.6. The van der Waals surface area contributed by atoms with Crippen molar-refractivity contribution in [2.45, 2.75) is 31.8 Å². The minimum absolute atomic E-state index is 0.0416. The Hall–Kier alpha value is -3.29. The topological polar surface area (TPSA) is 68.3 Å². The Kier molecular flexibility index (Phi) is 6.21. The van der Waals surface area contributed by atoms with Gasteiger partial charge >= 0.3 is 0 Å². The number of nitrogens with zero attached hydrogens (tertiary/aromatic N) is 2. The molecule has 7 nitrogen and oxygen atoms in total. The van der Waals surface area contributed by atoms with Crippen LogP contribution in [-0.4, -0.2) is 50.6 Å². The standard InChI is InChI=1S/C24H27FN2O5/c1-30-20-11-19(12-21(31-2)23(20)32-3)26-14-16(10-22(26)28)24(29)27(18-8-9-18)13-15-4-6-17(25)7-5-15/h4-7,11-12,16,18H,8-10,13-14H2,1-3H3. The van der Waals surface area contributed by atoms with E-state index in [1.165, 1.54) is 33.5 Å². The maximum atomic E-state index is 13.4. The monoisotopic (exact) mass is 442 g/mol. The van der Waals surface area contributed by atoms with E-state index in [0.29, 0.717) is 29.5 Å². The molecule has 2 amide bonds. The normalized spacial score (nSPS) is 17.9. The van der Waals surface area contributed by atoms with Gasteiger partial charge in [-0.25, -0.2) is 4.39 Å². The molecule has 32 heavy (non-hydrogen) atoms. The zero-order chi connectivity index (χ0) is 22.8. The molecule has 1 heterocycles. The molecule has 170 valence electrons. The van der Waals surface area contributed by atoms with Crippen molar-refractivity contribution in [3.05, 3.63) is 47.8 Å². The minimum Gasteiger partial charge on any atom is -0.493 e. The molecule has 2 fully saturated rings. The van der Waals surface area contributed by atoms with Crippen molar-refractivity contribution in [3.8, 4) is 17.2 Å². The number of methoxy groups -OCH3 is 3. The molecule has 8 heteroatoms. The van der Waals surface area contributed by atoms with Gasteiger partial charge in [-0.05, 0) is 30.5 Å². The summed E-state index contributed by atoms with van der Waals surface area (Å²) in [6, 6.07) is 9.79. The third-order valence-corrected chi connectivity index (χ3v) is 5.97. The molecular formula is C24H27FN2O5. The number of rotatable bonds is 8. The summed E-state index contributed by atoms with van der Waals surface area (Å²) in [5, 5.41) is 0. The Morgan fingerprint density at radius 1 is 1.06 bits per heavy atom. The molecule has 1 unspecified atom stereocenters. The lowest BCUT2D eigenvalue weighted by atomic mass is 10.1. The van der Waals surface area contributed by atoms with Crippen molar-refractivity contribution in [1.29, 1.82) is 0 Å². The number of carbonyl (C=O) groups is 2. The highest BCUT2D eigenvalue weighted by Gasteiger charge is 2.41. The lowest BCUT2D eigenvalue weighted by molar-refractivity contribution is -0.137. The second-order valence-corrected chi connectivity index (χ2v) is 8.11. The smallest absolute Gasteiger partial charge is 0.228 e. The predicted octanol–water partition coefficient (Wildman–Crippen LogP) is 3.40. The zero-order valence-electron chi connectivity index (χ0n) is 18.5. The Morgan fingerprint density at radius 2 is 1.69 bits per heavy atom. The van der Waals surface area contributed by atoms with Gasteiger partial charge in [0.15, 0.2) is 11.5 Å². The van der Waals surface area contributed by atoms with Crippen LogP contribution in [0.25, 0.3) is 0 Å². The van der Waals surface area contributed by atoms with E-state index in [2.05, 4.69) is 0 Å². The molecule has 1 aliphatic heterocycles. The van der Waals surface area contributed by atoms with Crippen molar-refractivity contribution in [3.63, 3.8) is 0 Å². The number of halogens is 1. The molecule has 1 saturated heterocycles. The van der Waals surface area contributed by atoms with Crippen LogP contribution in [0.5, 0.6) is 17.2 Å². The Balaban J connectivity index is 1.53. The molecule has 2 aliphatic rings. The Bertz CT molecular complexity index is 981. The van der Waals surface area contributed by atoms with Gasteiger partial charge in [0.2, 0.25) is 17.6 Å². The zero-order valence-corrected chi connectivity index (χ0v) is 18.5. The van der Waals surface area contributed by atoms with E-state index in [1.807, 2.05) is 4.90 Å². The second kappa shape index (κ2) is 9.06. The van der Waals surface area contributed by atoms with E-state index in [0.717, 1.165) is 18.4 Å². The van der Waals surface area contributed by atoms with Crippen molar-refractivity contribution in [2.24, 2.45) is 5.92 Å². The molecule has 2 aromatic carbocycles. The summed E-state index contributed by atoms with van der Waals surface area (Å²) in [5.41, 5.74) is 1.47. The van der Waals surface area contributed by atoms with Crippen LogP contribution in [0, 0.1) is 11.7 Å². The number of carbonyl (C=O) groups excluding carboxylic acids is 2. The average molecular weight is 442 g/mol. The van der Waals surface area contributed by atoms with Crippen LogP contribution >= 0.6 is 0 Å². The van der Waals surface area contributed by atoms with Gasteiger partial charge in [-0.3, -0.25) is 9.59 Å².